The number of hydrogen-bond donors (Lipinski definition) is 0. The number of hydrogen-bond acceptors (Lipinski definition) is 4. The third-order valence-electron chi connectivity index (χ3n) is 6.31. The van der Waals surface area contributed by atoms with E-state index >= 15 is 0 Å². The van der Waals surface area contributed by atoms with E-state index in [-0.39, 0.29) is 17.4 Å². The fourth-order valence-corrected chi connectivity index (χ4v) is 4.40. The molecule has 0 fully saturated rings. The van der Waals surface area contributed by atoms with Crippen molar-refractivity contribution in [3.8, 4) is 17.4 Å². The highest BCUT2D eigenvalue weighted by atomic mass is 16.5. The normalized spacial score (nSPS) is 12.5. The van der Waals surface area contributed by atoms with E-state index in [1.807, 2.05) is 19.9 Å². The van der Waals surface area contributed by atoms with Gasteiger partial charge >= 0.3 is 0 Å². The Bertz CT molecular complexity index is 1100. The number of para-hydroxylation sites is 1. The van der Waals surface area contributed by atoms with Crippen LogP contribution in [-0.2, 0) is 11.8 Å². The zero-order chi connectivity index (χ0) is 24.9. The first kappa shape index (κ1) is 25.6. The lowest BCUT2D eigenvalue weighted by Crippen LogP contribution is -2.21. The lowest BCUT2D eigenvalue weighted by molar-refractivity contribution is 0.237. The second-order valence-corrected chi connectivity index (χ2v) is 9.71. The summed E-state index contributed by atoms with van der Waals surface area (Å²) in [6.45, 7) is 15.5. The molecule has 0 radical (unpaired) electrons. The van der Waals surface area contributed by atoms with Crippen molar-refractivity contribution in [3.05, 3.63) is 82.5 Å². The Morgan fingerprint density at radius 3 is 2.35 bits per heavy atom. The van der Waals surface area contributed by atoms with Gasteiger partial charge in [-0.3, -0.25) is 0 Å². The molecule has 1 heterocycles. The Morgan fingerprint density at radius 1 is 0.941 bits per heavy atom. The topological polar surface area (TPSA) is 40.6 Å². The highest BCUT2D eigenvalue weighted by molar-refractivity contribution is 5.50. The average molecular weight is 462 g/mol. The van der Waals surface area contributed by atoms with Crippen LogP contribution >= 0.6 is 0 Å². The largest absolute Gasteiger partial charge is 0.494 e. The number of aryl methyl sites for hydroxylation is 1. The fraction of sp³-hybridized carbons (Fsp3) is 0.433. The van der Waals surface area contributed by atoms with Crippen molar-refractivity contribution >= 4 is 0 Å². The smallest absolute Gasteiger partial charge is 0.216 e. The Hall–Kier alpha value is -3.01. The summed E-state index contributed by atoms with van der Waals surface area (Å²) in [5.41, 5.74) is 5.37. The third-order valence-corrected chi connectivity index (χ3v) is 6.31. The number of benzene rings is 2. The van der Waals surface area contributed by atoms with Gasteiger partial charge in [-0.1, -0.05) is 57.2 Å². The van der Waals surface area contributed by atoms with Gasteiger partial charge in [0.2, 0.25) is 5.88 Å². The summed E-state index contributed by atoms with van der Waals surface area (Å²) in [7, 11) is 1.67. The van der Waals surface area contributed by atoms with Gasteiger partial charge in [0.1, 0.15) is 11.5 Å². The van der Waals surface area contributed by atoms with Crippen LogP contribution in [0.25, 0.3) is 0 Å². The SMILES string of the molecule is CCOc1cc(C(C)(C)c2ccccc2OC(C)C)ccc1C(C)Cc1ccc(C)c(OC)n1. The van der Waals surface area contributed by atoms with Crippen molar-refractivity contribution in [1.82, 2.24) is 4.98 Å². The maximum absolute atomic E-state index is 6.15. The van der Waals surface area contributed by atoms with Gasteiger partial charge in [0.25, 0.3) is 0 Å². The second kappa shape index (κ2) is 10.9. The van der Waals surface area contributed by atoms with Gasteiger partial charge < -0.3 is 14.2 Å². The molecule has 1 atom stereocenters. The lowest BCUT2D eigenvalue weighted by atomic mass is 9.77. The van der Waals surface area contributed by atoms with Crippen LogP contribution in [0.4, 0.5) is 0 Å². The summed E-state index contributed by atoms with van der Waals surface area (Å²) in [6.07, 6.45) is 0.929. The van der Waals surface area contributed by atoms with E-state index in [0.29, 0.717) is 12.5 Å². The number of aromatic nitrogens is 1. The molecule has 4 nitrogen and oxygen atoms in total. The molecule has 0 saturated heterocycles. The average Bonchev–Trinajstić information content (AvgIpc) is 2.80. The molecule has 0 aliphatic rings. The van der Waals surface area contributed by atoms with Crippen LogP contribution in [0.5, 0.6) is 17.4 Å². The molecule has 34 heavy (non-hydrogen) atoms. The van der Waals surface area contributed by atoms with Gasteiger partial charge in [-0.2, -0.15) is 0 Å². The molecule has 3 rings (SSSR count). The fourth-order valence-electron chi connectivity index (χ4n) is 4.40. The first-order chi connectivity index (χ1) is 16.2. The van der Waals surface area contributed by atoms with Crippen molar-refractivity contribution < 1.29 is 14.2 Å². The Kier molecular flexibility index (Phi) is 8.24. The van der Waals surface area contributed by atoms with Crippen LogP contribution in [0, 0.1) is 6.92 Å². The van der Waals surface area contributed by atoms with Crippen LogP contribution in [0.3, 0.4) is 0 Å². The molecule has 4 heteroatoms. The van der Waals surface area contributed by atoms with E-state index in [2.05, 4.69) is 88.1 Å². The molecule has 0 aliphatic carbocycles. The molecule has 1 unspecified atom stereocenters. The van der Waals surface area contributed by atoms with E-state index in [0.717, 1.165) is 29.2 Å². The molecular formula is C30H39NO3. The van der Waals surface area contributed by atoms with Crippen LogP contribution in [0.1, 0.15) is 75.4 Å². The molecule has 0 amide bonds. The second-order valence-electron chi connectivity index (χ2n) is 9.71. The van der Waals surface area contributed by atoms with Crippen LogP contribution in [0.15, 0.2) is 54.6 Å². The molecule has 0 aliphatic heterocycles. The summed E-state index contributed by atoms with van der Waals surface area (Å²) in [6, 6.07) is 19.1. The molecule has 3 aromatic rings. The summed E-state index contributed by atoms with van der Waals surface area (Å²) in [5, 5.41) is 0. The first-order valence-electron chi connectivity index (χ1n) is 12.2. The van der Waals surface area contributed by atoms with Crippen molar-refractivity contribution in [2.75, 3.05) is 13.7 Å². The van der Waals surface area contributed by atoms with Crippen LogP contribution in [-0.4, -0.2) is 24.8 Å². The molecule has 2 aromatic carbocycles. The summed E-state index contributed by atoms with van der Waals surface area (Å²) >= 11 is 0. The quantitative estimate of drug-likeness (QED) is 0.319. The standard InChI is InChI=1S/C30H39NO3/c1-9-33-28-19-23(30(6,7)26-12-10-11-13-27(26)34-20(2)3)15-17-25(28)22(5)18-24-16-14-21(4)29(31-24)32-8/h10-17,19-20,22H,9,18H2,1-8H3. The van der Waals surface area contributed by atoms with Crippen molar-refractivity contribution in [1.29, 1.82) is 0 Å². The summed E-state index contributed by atoms with van der Waals surface area (Å²) in [5.74, 6) is 2.79. The zero-order valence-electron chi connectivity index (χ0n) is 21.9. The van der Waals surface area contributed by atoms with E-state index in [4.69, 9.17) is 14.2 Å². The van der Waals surface area contributed by atoms with E-state index in [1.54, 1.807) is 7.11 Å². The number of methoxy groups -OCH3 is 1. The minimum Gasteiger partial charge on any atom is -0.494 e. The van der Waals surface area contributed by atoms with Gasteiger partial charge in [0.05, 0.1) is 19.8 Å². The molecule has 0 saturated carbocycles. The van der Waals surface area contributed by atoms with Gasteiger partial charge in [0.15, 0.2) is 0 Å². The van der Waals surface area contributed by atoms with E-state index in [1.165, 1.54) is 16.7 Å². The minimum atomic E-state index is -0.245. The zero-order valence-corrected chi connectivity index (χ0v) is 21.9. The maximum atomic E-state index is 6.15. The number of pyridine rings is 1. The highest BCUT2D eigenvalue weighted by Gasteiger charge is 2.28. The molecule has 1 aromatic heterocycles. The Morgan fingerprint density at radius 2 is 1.68 bits per heavy atom. The van der Waals surface area contributed by atoms with Crippen molar-refractivity contribution in [2.24, 2.45) is 0 Å². The Labute approximate surface area is 205 Å². The van der Waals surface area contributed by atoms with Gasteiger partial charge in [-0.15, -0.1) is 0 Å². The molecule has 182 valence electrons. The molecular weight excluding hydrogens is 422 g/mol. The number of rotatable bonds is 10. The predicted octanol–water partition coefficient (Wildman–Crippen LogP) is 7.26. The number of ether oxygens (including phenoxy) is 3. The van der Waals surface area contributed by atoms with Gasteiger partial charge in [-0.25, -0.2) is 4.98 Å². The monoisotopic (exact) mass is 461 g/mol. The van der Waals surface area contributed by atoms with Crippen LogP contribution < -0.4 is 14.2 Å². The van der Waals surface area contributed by atoms with Crippen molar-refractivity contribution in [3.63, 3.8) is 0 Å². The lowest BCUT2D eigenvalue weighted by Gasteiger charge is -2.30. The summed E-state index contributed by atoms with van der Waals surface area (Å²) < 4.78 is 17.7. The Balaban J connectivity index is 1.95. The van der Waals surface area contributed by atoms with Crippen LogP contribution in [0.2, 0.25) is 0 Å². The van der Waals surface area contributed by atoms with E-state index in [9.17, 15) is 0 Å². The highest BCUT2D eigenvalue weighted by Crippen LogP contribution is 2.40. The molecule has 0 bridgehead atoms. The van der Waals surface area contributed by atoms with Crippen molar-refractivity contribution in [2.45, 2.75) is 72.3 Å². The van der Waals surface area contributed by atoms with E-state index < -0.39 is 0 Å². The third kappa shape index (κ3) is 5.72. The molecule has 0 N–H and O–H groups in total. The van der Waals surface area contributed by atoms with Gasteiger partial charge in [-0.05, 0) is 69.4 Å². The number of nitrogens with zero attached hydrogens (tertiary/aromatic N) is 1. The maximum Gasteiger partial charge on any atom is 0.216 e. The molecule has 0 spiro atoms. The predicted molar refractivity (Wildman–Crippen MR) is 140 cm³/mol. The van der Waals surface area contributed by atoms with Gasteiger partial charge in [0, 0.05) is 22.2 Å². The first-order valence-corrected chi connectivity index (χ1v) is 12.2. The minimum absolute atomic E-state index is 0.119. The summed E-state index contributed by atoms with van der Waals surface area (Å²) in [4.78, 5) is 4.68.